The third-order valence-electron chi connectivity index (χ3n) is 3.13. The Hall–Kier alpha value is -2.54. The predicted octanol–water partition coefficient (Wildman–Crippen LogP) is 1.90. The molecule has 26 heavy (non-hydrogen) atoms. The molecule has 1 aromatic heterocycles. The Morgan fingerprint density at radius 1 is 1.15 bits per heavy atom. The second kappa shape index (κ2) is 9.24. The molecular formula is C17H17NO6S2. The molecule has 0 bridgehead atoms. The fourth-order valence-electron chi connectivity index (χ4n) is 1.92. The molecule has 138 valence electrons. The summed E-state index contributed by atoms with van der Waals surface area (Å²) < 4.78 is 42.0. The third-order valence-corrected chi connectivity index (χ3v) is 5.60. The van der Waals surface area contributed by atoms with E-state index >= 15 is 0 Å². The van der Waals surface area contributed by atoms with E-state index in [4.69, 9.17) is 9.47 Å². The predicted molar refractivity (Wildman–Crippen MR) is 97.1 cm³/mol. The summed E-state index contributed by atoms with van der Waals surface area (Å²) in [5.74, 6) is 5.80. The number of para-hydroxylation sites is 2. The molecule has 1 heterocycles. The molecule has 1 aromatic carbocycles. The number of hydrogen-bond donors (Lipinski definition) is 1. The molecule has 9 heteroatoms. The van der Waals surface area contributed by atoms with E-state index in [-0.39, 0.29) is 22.9 Å². The number of ether oxygens (including phenoxy) is 3. The molecule has 0 fully saturated rings. The highest BCUT2D eigenvalue weighted by atomic mass is 32.2. The van der Waals surface area contributed by atoms with Crippen LogP contribution in [0.3, 0.4) is 0 Å². The lowest BCUT2D eigenvalue weighted by molar-refractivity contribution is 0.0602. The van der Waals surface area contributed by atoms with Gasteiger partial charge in [0.05, 0.1) is 20.8 Å². The van der Waals surface area contributed by atoms with Crippen molar-refractivity contribution in [1.82, 2.24) is 4.72 Å². The highest BCUT2D eigenvalue weighted by Crippen LogP contribution is 2.25. The standard InChI is InChI=1S/C17H17NO6S2/c1-22-13-7-3-4-8-14(13)24-11-6-5-10-18-26(20,21)15-9-12-25-16(15)17(19)23-2/h3-4,7-9,12,18H,10-11H2,1-2H3. The average molecular weight is 395 g/mol. The third kappa shape index (κ3) is 4.98. The summed E-state index contributed by atoms with van der Waals surface area (Å²) in [4.78, 5) is 11.5. The van der Waals surface area contributed by atoms with Crippen molar-refractivity contribution in [2.45, 2.75) is 4.90 Å². The largest absolute Gasteiger partial charge is 0.493 e. The van der Waals surface area contributed by atoms with Gasteiger partial charge >= 0.3 is 5.97 Å². The van der Waals surface area contributed by atoms with Gasteiger partial charge in [0.15, 0.2) is 11.5 Å². The summed E-state index contributed by atoms with van der Waals surface area (Å²) in [5, 5.41) is 1.51. The number of methoxy groups -OCH3 is 2. The molecule has 0 radical (unpaired) electrons. The van der Waals surface area contributed by atoms with Gasteiger partial charge in [-0.05, 0) is 23.6 Å². The first-order valence-electron chi connectivity index (χ1n) is 7.36. The van der Waals surface area contributed by atoms with E-state index in [0.29, 0.717) is 11.5 Å². The number of sulfonamides is 1. The molecular weight excluding hydrogens is 378 g/mol. The minimum Gasteiger partial charge on any atom is -0.493 e. The molecule has 2 rings (SSSR count). The molecule has 0 spiro atoms. The molecule has 0 saturated carbocycles. The van der Waals surface area contributed by atoms with Crippen LogP contribution in [0.2, 0.25) is 0 Å². The minimum atomic E-state index is -3.86. The number of carbonyl (C=O) groups excluding carboxylic acids is 1. The summed E-state index contributed by atoms with van der Waals surface area (Å²) in [6, 6.07) is 8.47. The van der Waals surface area contributed by atoms with Crippen LogP contribution in [0.15, 0.2) is 40.6 Å². The summed E-state index contributed by atoms with van der Waals surface area (Å²) in [7, 11) is -1.13. The molecule has 0 aliphatic rings. The van der Waals surface area contributed by atoms with Crippen LogP contribution in [0.4, 0.5) is 0 Å². The topological polar surface area (TPSA) is 90.9 Å². The Bertz CT molecular complexity index is 924. The molecule has 0 aliphatic heterocycles. The van der Waals surface area contributed by atoms with Crippen molar-refractivity contribution in [2.75, 3.05) is 27.4 Å². The van der Waals surface area contributed by atoms with E-state index in [1.807, 2.05) is 6.07 Å². The number of thiophene rings is 1. The molecule has 1 N–H and O–H groups in total. The maximum Gasteiger partial charge on any atom is 0.349 e. The zero-order valence-electron chi connectivity index (χ0n) is 14.1. The van der Waals surface area contributed by atoms with Gasteiger partial charge in [0.1, 0.15) is 16.4 Å². The molecule has 0 saturated heterocycles. The number of nitrogens with one attached hydrogen (secondary N) is 1. The van der Waals surface area contributed by atoms with E-state index in [1.54, 1.807) is 18.2 Å². The van der Waals surface area contributed by atoms with Crippen LogP contribution in [0.5, 0.6) is 11.5 Å². The molecule has 7 nitrogen and oxygen atoms in total. The maximum absolute atomic E-state index is 12.2. The monoisotopic (exact) mass is 395 g/mol. The Labute approximate surface area is 155 Å². The Morgan fingerprint density at radius 3 is 2.58 bits per heavy atom. The number of rotatable bonds is 7. The molecule has 2 aromatic rings. The van der Waals surface area contributed by atoms with Crippen LogP contribution in [0.25, 0.3) is 0 Å². The van der Waals surface area contributed by atoms with Gasteiger partial charge in [-0.15, -0.1) is 11.3 Å². The number of hydrogen-bond acceptors (Lipinski definition) is 7. The van der Waals surface area contributed by atoms with E-state index in [1.165, 1.54) is 25.7 Å². The van der Waals surface area contributed by atoms with E-state index in [9.17, 15) is 13.2 Å². The van der Waals surface area contributed by atoms with Crippen molar-refractivity contribution in [1.29, 1.82) is 0 Å². The first-order valence-corrected chi connectivity index (χ1v) is 9.73. The fraction of sp³-hybridized carbons (Fsp3) is 0.235. The highest BCUT2D eigenvalue weighted by Gasteiger charge is 2.23. The normalized spacial score (nSPS) is 10.5. The lowest BCUT2D eigenvalue weighted by Gasteiger charge is -2.07. The van der Waals surface area contributed by atoms with Gasteiger partial charge in [-0.25, -0.2) is 13.2 Å². The zero-order valence-corrected chi connectivity index (χ0v) is 15.8. The smallest absolute Gasteiger partial charge is 0.349 e. The highest BCUT2D eigenvalue weighted by molar-refractivity contribution is 7.89. The second-order valence-corrected chi connectivity index (χ2v) is 7.37. The molecule has 0 atom stereocenters. The van der Waals surface area contributed by atoms with Gasteiger partial charge in [-0.1, -0.05) is 24.0 Å². The van der Waals surface area contributed by atoms with Crippen molar-refractivity contribution in [3.8, 4) is 23.3 Å². The van der Waals surface area contributed by atoms with Crippen LogP contribution < -0.4 is 14.2 Å². The van der Waals surface area contributed by atoms with Crippen LogP contribution >= 0.6 is 11.3 Å². The molecule has 0 amide bonds. The van der Waals surface area contributed by atoms with E-state index in [0.717, 1.165) is 11.3 Å². The van der Waals surface area contributed by atoms with Crippen LogP contribution in [0, 0.1) is 11.8 Å². The Balaban J connectivity index is 1.91. The van der Waals surface area contributed by atoms with Gasteiger partial charge < -0.3 is 14.2 Å². The first-order chi connectivity index (χ1) is 12.5. The Morgan fingerprint density at radius 2 is 1.88 bits per heavy atom. The van der Waals surface area contributed by atoms with Gasteiger partial charge in [-0.3, -0.25) is 0 Å². The number of esters is 1. The SMILES string of the molecule is COC(=O)c1sccc1S(=O)(=O)NCC#CCOc1ccccc1OC. The lowest BCUT2D eigenvalue weighted by Crippen LogP contribution is -2.25. The summed E-state index contributed by atoms with van der Waals surface area (Å²) in [6.07, 6.45) is 0. The van der Waals surface area contributed by atoms with Crippen molar-refractivity contribution in [3.05, 3.63) is 40.6 Å². The van der Waals surface area contributed by atoms with Crippen LogP contribution in [-0.2, 0) is 14.8 Å². The van der Waals surface area contributed by atoms with Gasteiger partial charge in [0.2, 0.25) is 10.0 Å². The summed E-state index contributed by atoms with van der Waals surface area (Å²) >= 11 is 0.996. The van der Waals surface area contributed by atoms with Crippen LogP contribution in [0.1, 0.15) is 9.67 Å². The first kappa shape index (κ1) is 19.8. The minimum absolute atomic E-state index is 0.0208. The molecule has 0 aliphatic carbocycles. The zero-order chi connectivity index (χ0) is 19.0. The molecule has 0 unspecified atom stereocenters. The lowest BCUT2D eigenvalue weighted by atomic mass is 10.3. The number of benzene rings is 1. The van der Waals surface area contributed by atoms with Gasteiger partial charge in [0, 0.05) is 0 Å². The quantitative estimate of drug-likeness (QED) is 0.569. The Kier molecular flexibility index (Phi) is 7.03. The van der Waals surface area contributed by atoms with E-state index in [2.05, 4.69) is 21.3 Å². The van der Waals surface area contributed by atoms with Crippen molar-refractivity contribution in [2.24, 2.45) is 0 Å². The van der Waals surface area contributed by atoms with Crippen LogP contribution in [-0.4, -0.2) is 41.8 Å². The van der Waals surface area contributed by atoms with Crippen molar-refractivity contribution >= 4 is 27.3 Å². The maximum atomic E-state index is 12.2. The number of carbonyl (C=O) groups is 1. The van der Waals surface area contributed by atoms with Crippen molar-refractivity contribution < 1.29 is 27.4 Å². The fourth-order valence-corrected chi connectivity index (χ4v) is 4.18. The summed E-state index contributed by atoms with van der Waals surface area (Å²) in [5.41, 5.74) is 0. The average Bonchev–Trinajstić information content (AvgIpc) is 3.15. The summed E-state index contributed by atoms with van der Waals surface area (Å²) in [6.45, 7) is -0.0396. The van der Waals surface area contributed by atoms with Crippen molar-refractivity contribution in [3.63, 3.8) is 0 Å². The van der Waals surface area contributed by atoms with Gasteiger partial charge in [-0.2, -0.15) is 4.72 Å². The second-order valence-electron chi connectivity index (χ2n) is 4.72. The van der Waals surface area contributed by atoms with E-state index < -0.39 is 16.0 Å². The van der Waals surface area contributed by atoms with Gasteiger partial charge in [0.25, 0.3) is 0 Å².